The van der Waals surface area contributed by atoms with Crippen LogP contribution in [0.1, 0.15) is 36.9 Å². The lowest BCUT2D eigenvalue weighted by atomic mass is 10.0. The van der Waals surface area contributed by atoms with Crippen LogP contribution in [0.4, 0.5) is 17.5 Å². The summed E-state index contributed by atoms with van der Waals surface area (Å²) in [7, 11) is 0. The molecule has 0 atom stereocenters. The number of hydrogen-bond acceptors (Lipinski definition) is 9. The number of anilines is 3. The standard InChI is InChI=1S/C32H39N7O2/c40-19-3-11-36-15-17-38(18-16-36)31-28-10-14-39(30-21-26(41)20-23-4-1-2-5-27(23)30)22-29(28)34-32(35-31)33-24-8-12-37(13-9-24)25-6-7-25/h1-5,11,19-21,24-25,41H,6-10,12-18,22H2,(H,33,34,35). The number of likely N-dealkylation sites (tertiary alicyclic amines) is 1. The first kappa shape index (κ1) is 26.1. The fourth-order valence-electron chi connectivity index (χ4n) is 6.75. The molecule has 2 aromatic carbocycles. The fourth-order valence-corrected chi connectivity index (χ4v) is 6.75. The van der Waals surface area contributed by atoms with Crippen LogP contribution in [0.25, 0.3) is 10.8 Å². The van der Waals surface area contributed by atoms with E-state index in [9.17, 15) is 9.90 Å². The first-order chi connectivity index (χ1) is 20.1. The predicted molar refractivity (Wildman–Crippen MR) is 163 cm³/mol. The van der Waals surface area contributed by atoms with E-state index in [1.54, 1.807) is 6.08 Å². The molecule has 1 saturated carbocycles. The van der Waals surface area contributed by atoms with Crippen LogP contribution in [0, 0.1) is 0 Å². The van der Waals surface area contributed by atoms with E-state index >= 15 is 0 Å². The van der Waals surface area contributed by atoms with Crippen LogP contribution in [-0.2, 0) is 17.8 Å². The van der Waals surface area contributed by atoms with Gasteiger partial charge in [-0.1, -0.05) is 24.3 Å². The lowest BCUT2D eigenvalue weighted by molar-refractivity contribution is -0.104. The van der Waals surface area contributed by atoms with Gasteiger partial charge in [0, 0.05) is 86.8 Å². The zero-order chi connectivity index (χ0) is 27.8. The third-order valence-electron chi connectivity index (χ3n) is 9.12. The molecule has 41 heavy (non-hydrogen) atoms. The number of aromatic hydroxyl groups is 1. The number of rotatable bonds is 7. The molecular weight excluding hydrogens is 514 g/mol. The number of carbonyl (C=O) groups is 1. The van der Waals surface area contributed by atoms with Crippen molar-refractivity contribution in [2.24, 2.45) is 0 Å². The molecular formula is C32H39N7O2. The molecule has 0 spiro atoms. The molecule has 4 aliphatic rings. The Morgan fingerprint density at radius 2 is 1.71 bits per heavy atom. The Hall–Kier alpha value is -3.85. The van der Waals surface area contributed by atoms with Crippen LogP contribution in [0.5, 0.6) is 5.75 Å². The minimum Gasteiger partial charge on any atom is -0.508 e. The molecule has 1 aliphatic carbocycles. The third kappa shape index (κ3) is 5.55. The van der Waals surface area contributed by atoms with Gasteiger partial charge in [0.05, 0.1) is 12.2 Å². The molecule has 0 radical (unpaired) electrons. The van der Waals surface area contributed by atoms with Gasteiger partial charge < -0.3 is 30.0 Å². The molecule has 2 saturated heterocycles. The Kier molecular flexibility index (Phi) is 7.12. The van der Waals surface area contributed by atoms with Crippen LogP contribution in [0.2, 0.25) is 0 Å². The summed E-state index contributed by atoms with van der Waals surface area (Å²) >= 11 is 0. The number of phenols is 1. The van der Waals surface area contributed by atoms with Crippen molar-refractivity contribution in [1.82, 2.24) is 19.8 Å². The second-order valence-corrected chi connectivity index (χ2v) is 11.8. The summed E-state index contributed by atoms with van der Waals surface area (Å²) in [5.41, 5.74) is 3.34. The minimum atomic E-state index is 0.286. The fraction of sp³-hybridized carbons (Fsp3) is 0.469. The van der Waals surface area contributed by atoms with E-state index in [1.807, 2.05) is 24.4 Å². The van der Waals surface area contributed by atoms with Gasteiger partial charge in [-0.25, -0.2) is 4.98 Å². The van der Waals surface area contributed by atoms with Gasteiger partial charge in [-0.2, -0.15) is 4.98 Å². The number of allylic oxidation sites excluding steroid dienone is 1. The first-order valence-corrected chi connectivity index (χ1v) is 15.1. The zero-order valence-electron chi connectivity index (χ0n) is 23.6. The number of phenolic OH excluding ortho intramolecular Hbond substituents is 1. The third-order valence-corrected chi connectivity index (χ3v) is 9.12. The second-order valence-electron chi connectivity index (χ2n) is 11.8. The lowest BCUT2D eigenvalue weighted by Gasteiger charge is -2.38. The van der Waals surface area contributed by atoms with Gasteiger partial charge in [-0.3, -0.25) is 4.79 Å². The number of aromatic nitrogens is 2. The number of piperazine rings is 1. The van der Waals surface area contributed by atoms with Gasteiger partial charge in [-0.15, -0.1) is 0 Å². The molecule has 9 heteroatoms. The summed E-state index contributed by atoms with van der Waals surface area (Å²) in [5.74, 6) is 2.07. The Morgan fingerprint density at radius 3 is 2.49 bits per heavy atom. The zero-order valence-corrected chi connectivity index (χ0v) is 23.6. The summed E-state index contributed by atoms with van der Waals surface area (Å²) in [6.45, 7) is 7.23. The van der Waals surface area contributed by atoms with Crippen molar-refractivity contribution in [3.63, 3.8) is 0 Å². The van der Waals surface area contributed by atoms with Crippen molar-refractivity contribution in [2.75, 3.05) is 60.9 Å². The molecule has 2 N–H and O–H groups in total. The molecule has 3 aromatic rings. The summed E-state index contributed by atoms with van der Waals surface area (Å²) in [4.78, 5) is 30.7. The number of nitrogens with zero attached hydrogens (tertiary/aromatic N) is 6. The highest BCUT2D eigenvalue weighted by Gasteiger charge is 2.33. The number of fused-ring (bicyclic) bond motifs is 2. The molecule has 7 rings (SSSR count). The number of hydrogen-bond donors (Lipinski definition) is 2. The normalized spacial score (nSPS) is 20.5. The number of carbonyl (C=O) groups excluding carboxylic acids is 1. The maximum absolute atomic E-state index is 10.8. The van der Waals surface area contributed by atoms with Gasteiger partial charge in [0.2, 0.25) is 5.95 Å². The molecule has 0 bridgehead atoms. The van der Waals surface area contributed by atoms with Gasteiger partial charge in [0.25, 0.3) is 0 Å². The molecule has 0 amide bonds. The van der Waals surface area contributed by atoms with E-state index in [0.717, 1.165) is 111 Å². The largest absolute Gasteiger partial charge is 0.508 e. The quantitative estimate of drug-likeness (QED) is 0.335. The maximum atomic E-state index is 10.8. The van der Waals surface area contributed by atoms with Gasteiger partial charge in [0.15, 0.2) is 0 Å². The van der Waals surface area contributed by atoms with Crippen molar-refractivity contribution >= 4 is 34.5 Å². The molecule has 1 aromatic heterocycles. The minimum absolute atomic E-state index is 0.286. The van der Waals surface area contributed by atoms with Crippen molar-refractivity contribution in [2.45, 2.75) is 50.7 Å². The second kappa shape index (κ2) is 11.2. The number of benzene rings is 2. The molecule has 4 heterocycles. The van der Waals surface area contributed by atoms with E-state index in [2.05, 4.69) is 43.1 Å². The van der Waals surface area contributed by atoms with E-state index < -0.39 is 0 Å². The molecule has 214 valence electrons. The highest BCUT2D eigenvalue weighted by atomic mass is 16.3. The SMILES string of the molecule is O=CC=CN1CCN(c2nc(NC3CCN(C4CC4)CC3)nc3c2CCN(c2cc(O)cc4ccccc24)C3)CC1. The van der Waals surface area contributed by atoms with Crippen LogP contribution in [0.3, 0.4) is 0 Å². The Morgan fingerprint density at radius 1 is 0.902 bits per heavy atom. The van der Waals surface area contributed by atoms with Crippen LogP contribution in [0.15, 0.2) is 48.7 Å². The van der Waals surface area contributed by atoms with Crippen molar-refractivity contribution < 1.29 is 9.90 Å². The lowest BCUT2D eigenvalue weighted by Crippen LogP contribution is -2.45. The smallest absolute Gasteiger partial charge is 0.225 e. The molecule has 3 fully saturated rings. The summed E-state index contributed by atoms with van der Waals surface area (Å²) in [5, 5.41) is 16.4. The predicted octanol–water partition coefficient (Wildman–Crippen LogP) is 3.77. The number of piperidine rings is 1. The highest BCUT2D eigenvalue weighted by molar-refractivity contribution is 5.95. The van der Waals surface area contributed by atoms with Crippen LogP contribution >= 0.6 is 0 Å². The monoisotopic (exact) mass is 553 g/mol. The van der Waals surface area contributed by atoms with E-state index in [1.165, 1.54) is 18.4 Å². The first-order valence-electron chi connectivity index (χ1n) is 15.1. The highest BCUT2D eigenvalue weighted by Crippen LogP contribution is 2.36. The Labute approximate surface area is 241 Å². The van der Waals surface area contributed by atoms with Gasteiger partial charge >= 0.3 is 0 Å². The van der Waals surface area contributed by atoms with E-state index in [-0.39, 0.29) is 5.75 Å². The number of aldehydes is 1. The van der Waals surface area contributed by atoms with E-state index in [0.29, 0.717) is 12.6 Å². The van der Waals surface area contributed by atoms with Gasteiger partial charge in [0.1, 0.15) is 17.9 Å². The molecule has 0 unspecified atom stereocenters. The Bertz CT molecular complexity index is 1440. The van der Waals surface area contributed by atoms with Crippen molar-refractivity contribution in [3.8, 4) is 5.75 Å². The van der Waals surface area contributed by atoms with Crippen LogP contribution in [-0.4, -0.2) is 89.1 Å². The van der Waals surface area contributed by atoms with Crippen molar-refractivity contribution in [3.05, 3.63) is 59.9 Å². The number of nitrogens with one attached hydrogen (secondary N) is 1. The maximum Gasteiger partial charge on any atom is 0.225 e. The summed E-state index contributed by atoms with van der Waals surface area (Å²) in [6, 6.07) is 13.2. The Balaban J connectivity index is 1.17. The van der Waals surface area contributed by atoms with Gasteiger partial charge in [-0.05, 0) is 49.6 Å². The van der Waals surface area contributed by atoms with Crippen LogP contribution < -0.4 is 15.1 Å². The average molecular weight is 554 g/mol. The average Bonchev–Trinajstić information content (AvgIpc) is 3.85. The van der Waals surface area contributed by atoms with E-state index in [4.69, 9.17) is 9.97 Å². The molecule has 3 aliphatic heterocycles. The summed E-state index contributed by atoms with van der Waals surface area (Å²) in [6.07, 6.45) is 10.1. The van der Waals surface area contributed by atoms with Crippen molar-refractivity contribution in [1.29, 1.82) is 0 Å². The summed E-state index contributed by atoms with van der Waals surface area (Å²) < 4.78 is 0. The molecule has 9 nitrogen and oxygen atoms in total. The topological polar surface area (TPSA) is 88.1 Å².